The zero-order valence-corrected chi connectivity index (χ0v) is 46.5. The van der Waals surface area contributed by atoms with Gasteiger partial charge in [0.2, 0.25) is 0 Å². The maximum atomic E-state index is 14.7. The minimum Gasteiger partial charge on any atom is -0.463 e. The fraction of sp³-hybridized carbons (Fsp3) is 0.357. The van der Waals surface area contributed by atoms with Crippen LogP contribution in [0, 0.1) is 22.7 Å². The average Bonchev–Trinajstić information content (AvgIpc) is 3.55. The summed E-state index contributed by atoms with van der Waals surface area (Å²) in [6.07, 6.45) is -9.26. The molecule has 0 saturated carbocycles. The minimum absolute atomic E-state index is 0.0221. The Balaban J connectivity index is 1.21. The van der Waals surface area contributed by atoms with Gasteiger partial charge in [-0.15, -0.1) is 0 Å². The highest BCUT2D eigenvalue weighted by atomic mass is 79.9. The van der Waals surface area contributed by atoms with Gasteiger partial charge >= 0.3 is 36.4 Å². The number of alkyl halides is 8. The quantitative estimate of drug-likeness (QED) is 0.0318. The Kier molecular flexibility index (Phi) is 20.1. The lowest BCUT2D eigenvalue weighted by Crippen LogP contribution is -2.53. The van der Waals surface area contributed by atoms with Crippen molar-refractivity contribution in [3.05, 3.63) is 153 Å². The van der Waals surface area contributed by atoms with Gasteiger partial charge in [0.1, 0.15) is 0 Å². The van der Waals surface area contributed by atoms with Crippen molar-refractivity contribution >= 4 is 78.8 Å². The van der Waals surface area contributed by atoms with Crippen molar-refractivity contribution < 1.29 is 69.1 Å². The summed E-state index contributed by atoms with van der Waals surface area (Å²) in [5, 5.41) is 18.7. The van der Waals surface area contributed by atoms with Gasteiger partial charge in [0.05, 0.1) is 134 Å². The third kappa shape index (κ3) is 14.3. The van der Waals surface area contributed by atoms with Crippen LogP contribution in [0.2, 0.25) is 0 Å². The van der Waals surface area contributed by atoms with E-state index in [1.54, 1.807) is 13.8 Å². The number of Topliss-reactive ketones (excluding diaryl/α,β-unsaturated/α-hetero) is 2. The molecule has 2 atom stereocenters. The Labute approximate surface area is 469 Å². The number of nitrogens with zero attached hydrogens (tertiary/aromatic N) is 7. The topological polar surface area (TPSA) is 181 Å². The largest absolute Gasteiger partial charge is 0.463 e. The van der Waals surface area contributed by atoms with Crippen LogP contribution in [-0.4, -0.2) is 114 Å². The Morgan fingerprint density at radius 1 is 0.595 bits per heavy atom. The maximum absolute atomic E-state index is 14.7. The van der Waals surface area contributed by atoms with E-state index in [1.807, 2.05) is 26.2 Å². The van der Waals surface area contributed by atoms with Crippen LogP contribution in [0.3, 0.4) is 0 Å². The molecule has 0 aromatic heterocycles. The van der Waals surface area contributed by atoms with Crippen molar-refractivity contribution in [1.29, 1.82) is 10.5 Å². The molecule has 416 valence electrons. The standard InChI is InChI=1S/C56H54Br2F6N7O8/c1-5-78-51(74)47-45(29-57)69(41-13-7-11-39(27-41)55(59,60)61)53(76)67(49(47)37-21-17-35(31-65)18-22-37)33-43(72)15-9-25-71(3,4)26-10-16-44(73)34-68-50(38-23-19-36(32-66)20-24-38)48(52(75)79-6-2)46(30-58)70(54(68)77)42-14-8-12-40(28-42)56(62,63)64/h7-8,11-14,17-24,27-28,49-50H,5-6,9-10,15-16,25-26,29-30,33-34H2,1-4H3/q+1/t49-,50-/m1/s1. The van der Waals surface area contributed by atoms with E-state index >= 15 is 0 Å². The Hall–Kier alpha value is -7.34. The highest BCUT2D eigenvalue weighted by Gasteiger charge is 2.47. The number of halogens is 8. The second-order valence-corrected chi connectivity index (χ2v) is 20.1. The van der Waals surface area contributed by atoms with Crippen molar-refractivity contribution in [2.45, 2.75) is 64.0 Å². The van der Waals surface area contributed by atoms with Crippen LogP contribution in [0.4, 0.5) is 47.3 Å². The van der Waals surface area contributed by atoms with Gasteiger partial charge in [-0.2, -0.15) is 36.9 Å². The number of hydrogen-bond acceptors (Lipinski definition) is 10. The van der Waals surface area contributed by atoms with Crippen LogP contribution >= 0.6 is 31.9 Å². The van der Waals surface area contributed by atoms with Gasteiger partial charge in [0, 0.05) is 36.3 Å². The van der Waals surface area contributed by atoms with Crippen LogP contribution < -0.4 is 9.80 Å². The van der Waals surface area contributed by atoms with Crippen molar-refractivity contribution in [1.82, 2.24) is 9.80 Å². The molecule has 0 bridgehead atoms. The monoisotopic (exact) mass is 1220 g/mol. The van der Waals surface area contributed by atoms with Crippen molar-refractivity contribution in [3.63, 3.8) is 0 Å². The van der Waals surface area contributed by atoms with Gasteiger partial charge in [-0.3, -0.25) is 19.4 Å². The van der Waals surface area contributed by atoms with E-state index < -0.39 is 84.2 Å². The number of rotatable bonds is 22. The molecule has 0 radical (unpaired) electrons. The molecule has 15 nitrogen and oxygen atoms in total. The molecule has 4 amide bonds. The van der Waals surface area contributed by atoms with E-state index in [0.717, 1.165) is 56.0 Å². The molecule has 23 heteroatoms. The van der Waals surface area contributed by atoms with E-state index in [4.69, 9.17) is 9.47 Å². The first-order valence-electron chi connectivity index (χ1n) is 24.8. The lowest BCUT2D eigenvalue weighted by molar-refractivity contribution is -0.890. The number of allylic oxidation sites excluding steroid dienone is 2. The van der Waals surface area contributed by atoms with Crippen LogP contribution in [-0.2, 0) is 41.0 Å². The number of amides is 4. The van der Waals surface area contributed by atoms with E-state index in [9.17, 15) is 65.6 Å². The van der Waals surface area contributed by atoms with Crippen LogP contribution in [0.15, 0.2) is 120 Å². The fourth-order valence-corrected chi connectivity index (χ4v) is 10.5. The molecule has 4 aromatic rings. The molecule has 6 rings (SSSR count). The summed E-state index contributed by atoms with van der Waals surface area (Å²) in [5.74, 6) is -2.70. The molecule has 2 aliphatic rings. The summed E-state index contributed by atoms with van der Waals surface area (Å²) >= 11 is 6.67. The van der Waals surface area contributed by atoms with E-state index in [1.165, 1.54) is 60.7 Å². The molecule has 79 heavy (non-hydrogen) atoms. The normalized spacial score (nSPS) is 16.2. The second kappa shape index (κ2) is 26.1. The highest BCUT2D eigenvalue weighted by Crippen LogP contribution is 2.44. The molecular weight excluding hydrogens is 1170 g/mol. The van der Waals surface area contributed by atoms with Gasteiger partial charge in [-0.25, -0.2) is 19.2 Å². The lowest BCUT2D eigenvalue weighted by Gasteiger charge is -2.43. The van der Waals surface area contributed by atoms with Crippen LogP contribution in [0.25, 0.3) is 0 Å². The molecule has 4 aromatic carbocycles. The van der Waals surface area contributed by atoms with Crippen molar-refractivity contribution in [3.8, 4) is 12.1 Å². The smallest absolute Gasteiger partial charge is 0.416 e. The van der Waals surface area contributed by atoms with Gasteiger partial charge in [-0.1, -0.05) is 68.3 Å². The van der Waals surface area contributed by atoms with Gasteiger partial charge < -0.3 is 23.8 Å². The zero-order valence-electron chi connectivity index (χ0n) is 43.3. The number of benzene rings is 4. The Morgan fingerprint density at radius 3 is 1.25 bits per heavy atom. The number of urea groups is 2. The lowest BCUT2D eigenvalue weighted by atomic mass is 9.91. The molecular formula is C56H54Br2F6N7O8+. The van der Waals surface area contributed by atoms with Crippen LogP contribution in [0.1, 0.15) is 85.0 Å². The van der Waals surface area contributed by atoms with Gasteiger partial charge in [-0.05, 0) is 85.6 Å². The molecule has 2 heterocycles. The first-order valence-corrected chi connectivity index (χ1v) is 27.0. The SMILES string of the molecule is CCOC(=O)C1=C(CBr)N(c2cccc(C(F)(F)F)c2)C(=O)N(CC(=O)CCC[N+](C)(C)CCCC(=O)CN2C(=O)N(c3cccc(C(F)(F)F)c3)C(CBr)=C(C(=O)OCC)[C@H]2c2ccc(C#N)cc2)[C@@H]1c1ccc(C#N)cc1. The summed E-state index contributed by atoms with van der Waals surface area (Å²) < 4.78 is 95.3. The number of anilines is 2. The molecule has 0 aliphatic carbocycles. The van der Waals surface area contributed by atoms with Gasteiger partial charge in [0.25, 0.3) is 0 Å². The number of nitriles is 2. The number of carbonyl (C=O) groups excluding carboxylic acids is 6. The first-order chi connectivity index (χ1) is 37.4. The fourth-order valence-electron chi connectivity index (χ4n) is 9.44. The molecule has 0 saturated heterocycles. The summed E-state index contributed by atoms with van der Waals surface area (Å²) in [6.45, 7) is 2.45. The molecule has 0 N–H and O–H groups in total. The second-order valence-electron chi connectivity index (χ2n) is 19.0. The third-order valence-corrected chi connectivity index (χ3v) is 14.2. The summed E-state index contributed by atoms with van der Waals surface area (Å²) in [6, 6.07) is 19.5. The average molecular weight is 1230 g/mol. The van der Waals surface area contributed by atoms with Crippen molar-refractivity contribution in [2.75, 3.05) is 73.9 Å². The van der Waals surface area contributed by atoms with E-state index in [2.05, 4.69) is 31.9 Å². The first kappa shape index (κ1) is 60.9. The summed E-state index contributed by atoms with van der Waals surface area (Å²) in [7, 11) is 3.71. The number of carbonyl (C=O) groups is 6. The van der Waals surface area contributed by atoms with Crippen LogP contribution in [0.5, 0.6) is 0 Å². The van der Waals surface area contributed by atoms with Gasteiger partial charge in [0.15, 0.2) is 11.6 Å². The van der Waals surface area contributed by atoms with Crippen molar-refractivity contribution in [2.24, 2.45) is 0 Å². The predicted molar refractivity (Wildman–Crippen MR) is 285 cm³/mol. The molecule has 2 aliphatic heterocycles. The third-order valence-electron chi connectivity index (χ3n) is 13.2. The Morgan fingerprint density at radius 2 is 0.949 bits per heavy atom. The molecule has 0 unspecified atom stereocenters. The highest BCUT2D eigenvalue weighted by molar-refractivity contribution is 9.09. The summed E-state index contributed by atoms with van der Waals surface area (Å²) in [4.78, 5) is 89.6. The molecule has 0 spiro atoms. The maximum Gasteiger partial charge on any atom is 0.416 e. The number of quaternary nitrogens is 1. The van der Waals surface area contributed by atoms with E-state index in [-0.39, 0.29) is 99.1 Å². The predicted octanol–water partition coefficient (Wildman–Crippen LogP) is 11.3. The molecule has 0 fully saturated rings. The number of ether oxygens (including phenoxy) is 2. The number of esters is 2. The number of ketones is 2. The number of hydrogen-bond donors (Lipinski definition) is 0. The van der Waals surface area contributed by atoms with E-state index in [0.29, 0.717) is 24.2 Å². The Bertz CT molecular complexity index is 2910. The minimum atomic E-state index is -4.79. The summed E-state index contributed by atoms with van der Waals surface area (Å²) in [5.41, 5.74) is -1.71. The zero-order chi connectivity index (χ0) is 58.0.